The molecule has 6 nitrogen and oxygen atoms in total. The minimum atomic E-state index is -1.20. The number of amides is 1. The van der Waals surface area contributed by atoms with Gasteiger partial charge in [0, 0.05) is 9.85 Å². The summed E-state index contributed by atoms with van der Waals surface area (Å²) in [5.41, 5.74) is -0.110. The minimum Gasteiger partial charge on any atom is -0.478 e. The van der Waals surface area contributed by atoms with E-state index in [0.29, 0.717) is 4.47 Å². The molecule has 1 amide bonds. The smallest absolute Gasteiger partial charge is 0.338 e. The first kappa shape index (κ1) is 14.7. The molecule has 0 aliphatic heterocycles. The Labute approximate surface area is 115 Å². The number of hydrogen-bond acceptors (Lipinski definition) is 5. The van der Waals surface area contributed by atoms with Crippen molar-refractivity contribution in [3.63, 3.8) is 0 Å². The molecule has 0 atom stereocenters. The van der Waals surface area contributed by atoms with Crippen LogP contribution in [0.4, 0.5) is 0 Å². The Kier molecular flexibility index (Phi) is 5.29. The molecule has 18 heavy (non-hydrogen) atoms. The molecule has 1 aromatic rings. The van der Waals surface area contributed by atoms with Crippen LogP contribution in [0.15, 0.2) is 9.85 Å². The van der Waals surface area contributed by atoms with Gasteiger partial charge >= 0.3 is 11.9 Å². The molecule has 0 aliphatic carbocycles. The van der Waals surface area contributed by atoms with Gasteiger partial charge in [0.15, 0.2) is 0 Å². The van der Waals surface area contributed by atoms with Crippen LogP contribution >= 0.6 is 27.3 Å². The molecule has 1 aromatic heterocycles. The largest absolute Gasteiger partial charge is 0.478 e. The number of rotatable bonds is 5. The number of ether oxygens (including phenoxy) is 1. The maximum atomic E-state index is 11.7. The topological polar surface area (TPSA) is 92.7 Å². The van der Waals surface area contributed by atoms with Crippen molar-refractivity contribution in [2.45, 2.75) is 6.92 Å². The van der Waals surface area contributed by atoms with E-state index in [4.69, 9.17) is 5.11 Å². The third-order valence-corrected chi connectivity index (χ3v) is 3.77. The SMILES string of the molecule is CCOC(=O)CNC(=O)c1scc(Br)c1C(=O)O. The van der Waals surface area contributed by atoms with E-state index in [9.17, 15) is 14.4 Å². The average Bonchev–Trinajstić information content (AvgIpc) is 2.68. The molecule has 8 heteroatoms. The fraction of sp³-hybridized carbons (Fsp3) is 0.300. The quantitative estimate of drug-likeness (QED) is 0.795. The normalized spacial score (nSPS) is 9.89. The molecule has 0 radical (unpaired) electrons. The van der Waals surface area contributed by atoms with Crippen molar-refractivity contribution < 1.29 is 24.2 Å². The third-order valence-electron chi connectivity index (χ3n) is 1.86. The predicted octanol–water partition coefficient (Wildman–Crippen LogP) is 1.50. The van der Waals surface area contributed by atoms with Gasteiger partial charge < -0.3 is 15.2 Å². The van der Waals surface area contributed by atoms with Crippen molar-refractivity contribution in [2.75, 3.05) is 13.2 Å². The van der Waals surface area contributed by atoms with Crippen molar-refractivity contribution in [1.29, 1.82) is 0 Å². The number of thiophene rings is 1. The van der Waals surface area contributed by atoms with Gasteiger partial charge in [0.2, 0.25) is 0 Å². The minimum absolute atomic E-state index is 0.0404. The predicted molar refractivity (Wildman–Crippen MR) is 67.9 cm³/mol. The van der Waals surface area contributed by atoms with Crippen LogP contribution in [0, 0.1) is 0 Å². The zero-order valence-corrected chi connectivity index (χ0v) is 11.8. The summed E-state index contributed by atoms with van der Waals surface area (Å²) in [6.07, 6.45) is 0. The van der Waals surface area contributed by atoms with E-state index in [0.717, 1.165) is 11.3 Å². The number of carbonyl (C=O) groups excluding carboxylic acids is 2. The summed E-state index contributed by atoms with van der Waals surface area (Å²) in [5.74, 6) is -2.39. The van der Waals surface area contributed by atoms with E-state index in [1.54, 1.807) is 6.92 Å². The summed E-state index contributed by atoms with van der Waals surface area (Å²) in [6.45, 7) is 1.58. The molecule has 0 fully saturated rings. The molecule has 98 valence electrons. The molecule has 2 N–H and O–H groups in total. The monoisotopic (exact) mass is 335 g/mol. The molecule has 0 bridgehead atoms. The van der Waals surface area contributed by atoms with Crippen molar-refractivity contribution >= 4 is 45.1 Å². The average molecular weight is 336 g/mol. The zero-order valence-electron chi connectivity index (χ0n) is 9.36. The van der Waals surface area contributed by atoms with Crippen LogP contribution in [0.2, 0.25) is 0 Å². The maximum Gasteiger partial charge on any atom is 0.338 e. The molecule has 0 aliphatic rings. The van der Waals surface area contributed by atoms with Gasteiger partial charge in [-0.05, 0) is 22.9 Å². The number of carboxylic acid groups (broad SMARTS) is 1. The number of halogens is 1. The maximum absolute atomic E-state index is 11.7. The highest BCUT2D eigenvalue weighted by Crippen LogP contribution is 2.27. The molecule has 0 aromatic carbocycles. The lowest BCUT2D eigenvalue weighted by molar-refractivity contribution is -0.141. The first-order valence-corrected chi connectivity index (χ1v) is 6.58. The lowest BCUT2D eigenvalue weighted by Crippen LogP contribution is -2.31. The van der Waals surface area contributed by atoms with Crippen LogP contribution in [0.1, 0.15) is 27.0 Å². The number of hydrogen-bond donors (Lipinski definition) is 2. The van der Waals surface area contributed by atoms with Gasteiger partial charge in [0.25, 0.3) is 5.91 Å². The standard InChI is InChI=1S/C10H10BrNO5S/c1-2-17-6(13)3-12-9(14)8-7(10(15)16)5(11)4-18-8/h4H,2-3H2,1H3,(H,12,14)(H,15,16). The number of aromatic carboxylic acids is 1. The number of nitrogens with one attached hydrogen (secondary N) is 1. The number of esters is 1. The van der Waals surface area contributed by atoms with Gasteiger partial charge in [-0.1, -0.05) is 0 Å². The lowest BCUT2D eigenvalue weighted by atomic mass is 10.2. The van der Waals surface area contributed by atoms with Gasteiger partial charge in [-0.2, -0.15) is 0 Å². The van der Waals surface area contributed by atoms with E-state index in [-0.39, 0.29) is 23.6 Å². The summed E-state index contributed by atoms with van der Waals surface area (Å²) in [5, 5.41) is 12.8. The third kappa shape index (κ3) is 3.54. The van der Waals surface area contributed by atoms with Gasteiger partial charge in [-0.25, -0.2) is 4.79 Å². The molecule has 0 saturated carbocycles. The number of carboxylic acids is 1. The molecule has 0 unspecified atom stereocenters. The Morgan fingerprint density at radius 1 is 1.50 bits per heavy atom. The molecular formula is C10H10BrNO5S. The van der Waals surface area contributed by atoms with Crippen LogP contribution in [0.3, 0.4) is 0 Å². The fourth-order valence-electron chi connectivity index (χ4n) is 1.15. The molecule has 1 heterocycles. The van der Waals surface area contributed by atoms with Crippen LogP contribution in [0.5, 0.6) is 0 Å². The van der Waals surface area contributed by atoms with Crippen LogP contribution in [-0.4, -0.2) is 36.1 Å². The Balaban J connectivity index is 2.73. The number of carbonyl (C=O) groups is 3. The van der Waals surface area contributed by atoms with E-state index in [2.05, 4.69) is 26.0 Å². The second-order valence-corrected chi connectivity index (χ2v) is 4.81. The van der Waals surface area contributed by atoms with Crippen LogP contribution < -0.4 is 5.32 Å². The van der Waals surface area contributed by atoms with Gasteiger partial charge in [0.05, 0.1) is 12.2 Å². The van der Waals surface area contributed by atoms with Crippen LogP contribution in [-0.2, 0) is 9.53 Å². The first-order valence-electron chi connectivity index (χ1n) is 4.91. The van der Waals surface area contributed by atoms with Gasteiger partial charge in [-0.3, -0.25) is 9.59 Å². The summed E-state index contributed by atoms with van der Waals surface area (Å²) in [7, 11) is 0. The van der Waals surface area contributed by atoms with Gasteiger partial charge in [-0.15, -0.1) is 11.3 Å². The summed E-state index contributed by atoms with van der Waals surface area (Å²) in [6, 6.07) is 0. The first-order chi connectivity index (χ1) is 8.47. The van der Waals surface area contributed by atoms with E-state index < -0.39 is 17.8 Å². The Morgan fingerprint density at radius 2 is 2.17 bits per heavy atom. The highest BCUT2D eigenvalue weighted by atomic mass is 79.9. The van der Waals surface area contributed by atoms with Gasteiger partial charge in [0.1, 0.15) is 11.4 Å². The van der Waals surface area contributed by atoms with Crippen LogP contribution in [0.25, 0.3) is 0 Å². The highest BCUT2D eigenvalue weighted by molar-refractivity contribution is 9.10. The van der Waals surface area contributed by atoms with Crippen molar-refractivity contribution in [1.82, 2.24) is 5.32 Å². The lowest BCUT2D eigenvalue weighted by Gasteiger charge is -2.04. The van der Waals surface area contributed by atoms with Crippen molar-refractivity contribution in [2.24, 2.45) is 0 Å². The summed E-state index contributed by atoms with van der Waals surface area (Å²) >= 11 is 4.03. The highest BCUT2D eigenvalue weighted by Gasteiger charge is 2.22. The Hall–Kier alpha value is -1.41. The Morgan fingerprint density at radius 3 is 2.72 bits per heavy atom. The summed E-state index contributed by atoms with van der Waals surface area (Å²) < 4.78 is 4.97. The second-order valence-electron chi connectivity index (χ2n) is 3.08. The zero-order chi connectivity index (χ0) is 13.7. The Bertz CT molecular complexity index is 485. The molecule has 1 rings (SSSR count). The van der Waals surface area contributed by atoms with E-state index >= 15 is 0 Å². The molecule has 0 saturated heterocycles. The van der Waals surface area contributed by atoms with E-state index in [1.165, 1.54) is 5.38 Å². The van der Waals surface area contributed by atoms with Crippen molar-refractivity contribution in [3.05, 3.63) is 20.3 Å². The molecule has 0 spiro atoms. The molecular weight excluding hydrogens is 326 g/mol. The van der Waals surface area contributed by atoms with E-state index in [1.807, 2.05) is 0 Å². The fourth-order valence-corrected chi connectivity index (χ4v) is 2.76. The van der Waals surface area contributed by atoms with Crippen molar-refractivity contribution in [3.8, 4) is 0 Å². The summed E-state index contributed by atoms with van der Waals surface area (Å²) in [4.78, 5) is 33.7. The second kappa shape index (κ2) is 6.50.